The molecular weight excluding hydrogens is 277 g/mol. The molecular formula is C12H19F3N2O3. The standard InChI is InChI=1S/C12H19F3N2O3/c1-8-3-2-4-9(5-8)16-11(20)17(6-10(18)19)7-12(13,14)15/h8-9H,2-7H2,1H3,(H,16,20)(H,18,19). The minimum absolute atomic E-state index is 0.184. The highest BCUT2D eigenvalue weighted by Crippen LogP contribution is 2.24. The van der Waals surface area contributed by atoms with Crippen molar-refractivity contribution in [3.05, 3.63) is 0 Å². The summed E-state index contributed by atoms with van der Waals surface area (Å²) in [7, 11) is 0. The van der Waals surface area contributed by atoms with Crippen molar-refractivity contribution >= 4 is 12.0 Å². The van der Waals surface area contributed by atoms with Gasteiger partial charge in [0.2, 0.25) is 0 Å². The van der Waals surface area contributed by atoms with Crippen molar-refractivity contribution < 1.29 is 27.9 Å². The van der Waals surface area contributed by atoms with Crippen LogP contribution in [0, 0.1) is 5.92 Å². The summed E-state index contributed by atoms with van der Waals surface area (Å²) in [5.41, 5.74) is 0. The summed E-state index contributed by atoms with van der Waals surface area (Å²) in [5, 5.41) is 11.1. The van der Waals surface area contributed by atoms with Crippen molar-refractivity contribution in [1.82, 2.24) is 10.2 Å². The first-order valence-electron chi connectivity index (χ1n) is 6.51. The molecule has 1 fully saturated rings. The maximum atomic E-state index is 12.3. The fourth-order valence-electron chi connectivity index (χ4n) is 2.41. The van der Waals surface area contributed by atoms with Crippen LogP contribution in [0.2, 0.25) is 0 Å². The van der Waals surface area contributed by atoms with Crippen molar-refractivity contribution in [3.63, 3.8) is 0 Å². The number of carbonyl (C=O) groups excluding carboxylic acids is 1. The predicted octanol–water partition coefficient (Wildman–Crippen LogP) is 2.22. The predicted molar refractivity (Wildman–Crippen MR) is 65.2 cm³/mol. The lowest BCUT2D eigenvalue weighted by atomic mass is 9.87. The van der Waals surface area contributed by atoms with Crippen LogP contribution < -0.4 is 5.32 Å². The Morgan fingerprint density at radius 2 is 2.00 bits per heavy atom. The Balaban J connectivity index is 2.60. The van der Waals surface area contributed by atoms with Crippen LogP contribution in [-0.4, -0.2) is 47.3 Å². The molecule has 5 nitrogen and oxygen atoms in total. The fourth-order valence-corrected chi connectivity index (χ4v) is 2.41. The average Bonchev–Trinajstić information content (AvgIpc) is 2.25. The molecule has 1 aliphatic rings. The number of urea groups is 1. The van der Waals surface area contributed by atoms with Crippen LogP contribution in [-0.2, 0) is 4.79 Å². The second kappa shape index (κ2) is 6.81. The van der Waals surface area contributed by atoms with Gasteiger partial charge in [-0.2, -0.15) is 13.2 Å². The summed E-state index contributed by atoms with van der Waals surface area (Å²) in [5.74, 6) is -1.06. The van der Waals surface area contributed by atoms with E-state index < -0.39 is 31.3 Å². The number of hydrogen-bond donors (Lipinski definition) is 2. The average molecular weight is 296 g/mol. The molecule has 0 heterocycles. The van der Waals surface area contributed by atoms with Crippen LogP contribution in [0.4, 0.5) is 18.0 Å². The van der Waals surface area contributed by atoms with Gasteiger partial charge in [0, 0.05) is 6.04 Å². The van der Waals surface area contributed by atoms with E-state index in [0.29, 0.717) is 18.8 Å². The van der Waals surface area contributed by atoms with Gasteiger partial charge < -0.3 is 15.3 Å². The van der Waals surface area contributed by atoms with Crippen LogP contribution in [0.5, 0.6) is 0 Å². The summed E-state index contributed by atoms with van der Waals surface area (Å²) in [4.78, 5) is 22.6. The number of amides is 2. The van der Waals surface area contributed by atoms with E-state index in [2.05, 4.69) is 5.32 Å². The number of halogens is 3. The third kappa shape index (κ3) is 6.12. The maximum Gasteiger partial charge on any atom is 0.406 e. The van der Waals surface area contributed by atoms with E-state index in [1.54, 1.807) is 0 Å². The van der Waals surface area contributed by atoms with Crippen LogP contribution in [0.3, 0.4) is 0 Å². The molecule has 1 saturated carbocycles. The summed E-state index contributed by atoms with van der Waals surface area (Å²) in [6, 6.07) is -1.15. The summed E-state index contributed by atoms with van der Waals surface area (Å²) in [6.07, 6.45) is -1.26. The highest BCUT2D eigenvalue weighted by atomic mass is 19.4. The van der Waals surface area contributed by atoms with E-state index in [9.17, 15) is 22.8 Å². The number of carboxylic acids is 1. The summed E-state index contributed by atoms with van der Waals surface area (Å²) in [6.45, 7) is -0.510. The fraction of sp³-hybridized carbons (Fsp3) is 0.833. The normalized spacial score (nSPS) is 23.2. The van der Waals surface area contributed by atoms with Crippen molar-refractivity contribution in [2.24, 2.45) is 5.92 Å². The zero-order chi connectivity index (χ0) is 15.3. The second-order valence-electron chi connectivity index (χ2n) is 5.28. The molecule has 0 radical (unpaired) electrons. The highest BCUT2D eigenvalue weighted by molar-refractivity contribution is 5.80. The molecule has 116 valence electrons. The van der Waals surface area contributed by atoms with E-state index in [-0.39, 0.29) is 10.9 Å². The van der Waals surface area contributed by atoms with Crippen molar-refractivity contribution in [1.29, 1.82) is 0 Å². The monoisotopic (exact) mass is 296 g/mol. The van der Waals surface area contributed by atoms with E-state index >= 15 is 0 Å². The quantitative estimate of drug-likeness (QED) is 0.835. The van der Waals surface area contributed by atoms with Gasteiger partial charge in [-0.1, -0.05) is 19.8 Å². The number of carboxylic acid groups (broad SMARTS) is 1. The first-order valence-corrected chi connectivity index (χ1v) is 6.51. The van der Waals surface area contributed by atoms with Crippen LogP contribution >= 0.6 is 0 Å². The first kappa shape index (κ1) is 16.6. The molecule has 2 N–H and O–H groups in total. The Labute approximate surface area is 115 Å². The molecule has 0 aromatic carbocycles. The molecule has 20 heavy (non-hydrogen) atoms. The number of carbonyl (C=O) groups is 2. The Hall–Kier alpha value is -1.47. The lowest BCUT2D eigenvalue weighted by Gasteiger charge is -2.30. The van der Waals surface area contributed by atoms with Crippen molar-refractivity contribution in [2.75, 3.05) is 13.1 Å². The van der Waals surface area contributed by atoms with Gasteiger partial charge in [0.1, 0.15) is 13.1 Å². The minimum atomic E-state index is -4.62. The largest absolute Gasteiger partial charge is 0.480 e. The van der Waals surface area contributed by atoms with Gasteiger partial charge in [-0.05, 0) is 18.8 Å². The smallest absolute Gasteiger partial charge is 0.406 e. The Kier molecular flexibility index (Phi) is 5.64. The summed E-state index contributed by atoms with van der Waals surface area (Å²) < 4.78 is 37.0. The van der Waals surface area contributed by atoms with Gasteiger partial charge in [-0.15, -0.1) is 0 Å². The van der Waals surface area contributed by atoms with E-state index in [1.807, 2.05) is 6.92 Å². The van der Waals surface area contributed by atoms with Gasteiger partial charge in [-0.3, -0.25) is 4.79 Å². The van der Waals surface area contributed by atoms with Crippen molar-refractivity contribution in [3.8, 4) is 0 Å². The molecule has 0 aromatic heterocycles. The van der Waals surface area contributed by atoms with Crippen LogP contribution in [0.15, 0.2) is 0 Å². The van der Waals surface area contributed by atoms with Crippen LogP contribution in [0.1, 0.15) is 32.6 Å². The lowest BCUT2D eigenvalue weighted by Crippen LogP contribution is -2.50. The first-order chi connectivity index (χ1) is 9.17. The van der Waals surface area contributed by atoms with Gasteiger partial charge in [0.05, 0.1) is 0 Å². The van der Waals surface area contributed by atoms with E-state index in [0.717, 1.165) is 12.8 Å². The molecule has 1 rings (SSSR count). The van der Waals surface area contributed by atoms with Gasteiger partial charge >= 0.3 is 18.2 Å². The number of aliphatic carboxylic acids is 1. The van der Waals surface area contributed by atoms with Crippen molar-refractivity contribution in [2.45, 2.75) is 44.8 Å². The third-order valence-electron chi connectivity index (χ3n) is 3.25. The number of rotatable bonds is 4. The Morgan fingerprint density at radius 3 is 2.50 bits per heavy atom. The Morgan fingerprint density at radius 1 is 1.35 bits per heavy atom. The summed E-state index contributed by atoms with van der Waals surface area (Å²) >= 11 is 0. The molecule has 2 amide bonds. The van der Waals surface area contributed by atoms with E-state index in [1.165, 1.54) is 0 Å². The zero-order valence-electron chi connectivity index (χ0n) is 11.2. The minimum Gasteiger partial charge on any atom is -0.480 e. The zero-order valence-corrected chi connectivity index (χ0v) is 11.2. The number of hydrogen-bond acceptors (Lipinski definition) is 2. The number of nitrogens with one attached hydrogen (secondary N) is 1. The lowest BCUT2D eigenvalue weighted by molar-refractivity contribution is -0.149. The molecule has 0 aromatic rings. The molecule has 0 saturated heterocycles. The molecule has 0 spiro atoms. The van der Waals surface area contributed by atoms with Crippen LogP contribution in [0.25, 0.3) is 0 Å². The molecule has 8 heteroatoms. The highest BCUT2D eigenvalue weighted by Gasteiger charge is 2.34. The number of alkyl halides is 3. The van der Waals surface area contributed by atoms with Gasteiger partial charge in [0.25, 0.3) is 0 Å². The van der Waals surface area contributed by atoms with Gasteiger partial charge in [-0.25, -0.2) is 4.79 Å². The molecule has 2 unspecified atom stereocenters. The second-order valence-corrected chi connectivity index (χ2v) is 5.28. The Bertz CT molecular complexity index is 360. The third-order valence-corrected chi connectivity index (χ3v) is 3.25. The maximum absolute atomic E-state index is 12.3. The molecule has 2 atom stereocenters. The van der Waals surface area contributed by atoms with E-state index in [4.69, 9.17) is 5.11 Å². The topological polar surface area (TPSA) is 69.6 Å². The van der Waals surface area contributed by atoms with Gasteiger partial charge in [0.15, 0.2) is 0 Å². The number of nitrogens with zero attached hydrogens (tertiary/aromatic N) is 1. The molecule has 0 bridgehead atoms. The molecule has 1 aliphatic carbocycles. The SMILES string of the molecule is CC1CCCC(NC(=O)N(CC(=O)O)CC(F)(F)F)C1. The molecule has 0 aliphatic heterocycles.